The van der Waals surface area contributed by atoms with E-state index in [4.69, 9.17) is 10.5 Å². The molecule has 0 saturated carbocycles. The lowest BCUT2D eigenvalue weighted by molar-refractivity contribution is -0.111. The highest BCUT2D eigenvalue weighted by Crippen LogP contribution is 2.24. The van der Waals surface area contributed by atoms with Crippen LogP contribution in [0.1, 0.15) is 5.56 Å². The van der Waals surface area contributed by atoms with Crippen molar-refractivity contribution < 1.29 is 9.53 Å². The molecule has 0 bridgehead atoms. The summed E-state index contributed by atoms with van der Waals surface area (Å²) >= 11 is 0. The number of carbonyl (C=O) groups is 1. The van der Waals surface area contributed by atoms with Crippen molar-refractivity contribution in [3.63, 3.8) is 0 Å². The predicted molar refractivity (Wildman–Crippen MR) is 79.7 cm³/mol. The molecule has 4 heteroatoms. The number of rotatable bonds is 5. The minimum absolute atomic E-state index is 0.257. The van der Waals surface area contributed by atoms with E-state index in [-0.39, 0.29) is 5.91 Å². The highest BCUT2D eigenvalue weighted by atomic mass is 16.5. The molecular weight excluding hydrogens is 252 g/mol. The van der Waals surface area contributed by atoms with Crippen molar-refractivity contribution in [3.8, 4) is 11.5 Å². The fraction of sp³-hybridized carbons (Fsp3) is 0.0625. The molecule has 0 spiro atoms. The zero-order valence-electron chi connectivity index (χ0n) is 11.0. The van der Waals surface area contributed by atoms with Crippen molar-refractivity contribution in [2.75, 3.05) is 5.32 Å². The number of amides is 1. The maximum absolute atomic E-state index is 11.3. The van der Waals surface area contributed by atoms with E-state index in [1.807, 2.05) is 30.3 Å². The van der Waals surface area contributed by atoms with Gasteiger partial charge in [0.25, 0.3) is 0 Å². The molecule has 0 unspecified atom stereocenters. The Morgan fingerprint density at radius 2 is 1.90 bits per heavy atom. The maximum atomic E-state index is 11.3. The summed E-state index contributed by atoms with van der Waals surface area (Å²) in [5.74, 6) is 1.09. The number of ether oxygens (including phenoxy) is 1. The fourth-order valence-corrected chi connectivity index (χ4v) is 1.70. The Labute approximate surface area is 117 Å². The van der Waals surface area contributed by atoms with Gasteiger partial charge in [0.1, 0.15) is 11.5 Å². The summed E-state index contributed by atoms with van der Waals surface area (Å²) in [6.45, 7) is 3.88. The topological polar surface area (TPSA) is 64.3 Å². The van der Waals surface area contributed by atoms with Crippen LogP contribution < -0.4 is 15.8 Å². The van der Waals surface area contributed by atoms with Crippen LogP contribution in [0.5, 0.6) is 11.5 Å². The lowest BCUT2D eigenvalue weighted by Gasteiger charge is -2.09. The van der Waals surface area contributed by atoms with E-state index in [0.29, 0.717) is 23.7 Å². The second kappa shape index (κ2) is 6.54. The van der Waals surface area contributed by atoms with Crippen LogP contribution >= 0.6 is 0 Å². The third kappa shape index (κ3) is 3.70. The number of hydrogen-bond donors (Lipinski definition) is 2. The number of anilines is 1. The smallest absolute Gasteiger partial charge is 0.247 e. The number of carbonyl (C=O) groups excluding carboxylic acids is 1. The van der Waals surface area contributed by atoms with E-state index in [1.165, 1.54) is 6.08 Å². The van der Waals surface area contributed by atoms with Crippen molar-refractivity contribution >= 4 is 11.6 Å². The molecule has 0 aliphatic heterocycles. The van der Waals surface area contributed by atoms with Gasteiger partial charge in [-0.05, 0) is 35.9 Å². The molecule has 0 heterocycles. The highest BCUT2D eigenvalue weighted by molar-refractivity contribution is 5.98. The van der Waals surface area contributed by atoms with Crippen molar-refractivity contribution in [1.29, 1.82) is 0 Å². The first kappa shape index (κ1) is 13.8. The molecule has 0 saturated heterocycles. The van der Waals surface area contributed by atoms with Crippen LogP contribution in [0, 0.1) is 0 Å². The zero-order chi connectivity index (χ0) is 14.4. The van der Waals surface area contributed by atoms with Crippen LogP contribution in [-0.4, -0.2) is 5.91 Å². The molecule has 0 aliphatic rings. The minimum atomic E-state index is -0.257. The maximum Gasteiger partial charge on any atom is 0.247 e. The molecule has 20 heavy (non-hydrogen) atoms. The van der Waals surface area contributed by atoms with Gasteiger partial charge in [-0.1, -0.05) is 24.8 Å². The molecule has 0 radical (unpaired) electrons. The molecule has 0 aromatic heterocycles. The highest BCUT2D eigenvalue weighted by Gasteiger charge is 2.01. The molecule has 1 amide bonds. The Morgan fingerprint density at radius 3 is 2.60 bits per heavy atom. The van der Waals surface area contributed by atoms with Crippen LogP contribution in [0.4, 0.5) is 5.69 Å². The first-order valence-electron chi connectivity index (χ1n) is 6.21. The molecule has 4 nitrogen and oxygen atoms in total. The second-order valence-corrected chi connectivity index (χ2v) is 4.17. The summed E-state index contributed by atoms with van der Waals surface area (Å²) in [6.07, 6.45) is 1.22. The van der Waals surface area contributed by atoms with Crippen LogP contribution in [-0.2, 0) is 11.3 Å². The Bertz CT molecular complexity index is 623. The molecule has 2 aromatic carbocycles. The van der Waals surface area contributed by atoms with Crippen molar-refractivity contribution in [3.05, 3.63) is 66.7 Å². The summed E-state index contributed by atoms with van der Waals surface area (Å²) in [6, 6.07) is 14.7. The van der Waals surface area contributed by atoms with Gasteiger partial charge in [-0.15, -0.1) is 0 Å². The first-order chi connectivity index (χ1) is 9.71. The average molecular weight is 268 g/mol. The normalized spacial score (nSPS) is 9.85. The van der Waals surface area contributed by atoms with Gasteiger partial charge in [-0.2, -0.15) is 0 Å². The zero-order valence-corrected chi connectivity index (χ0v) is 11.0. The third-order valence-corrected chi connectivity index (χ3v) is 2.66. The molecule has 3 N–H and O–H groups in total. The van der Waals surface area contributed by atoms with Gasteiger partial charge in [0.2, 0.25) is 5.91 Å². The standard InChI is InChI=1S/C16H16N2O2/c1-2-16(19)18-13-6-4-8-15(10-13)20-14-7-3-5-12(9-14)11-17/h2-10H,1,11,17H2,(H,18,19). The molecule has 2 aromatic rings. The lowest BCUT2D eigenvalue weighted by Crippen LogP contribution is -2.06. The fourth-order valence-electron chi connectivity index (χ4n) is 1.70. The van der Waals surface area contributed by atoms with Gasteiger partial charge in [-0.3, -0.25) is 4.79 Å². The van der Waals surface area contributed by atoms with Crippen LogP contribution in [0.25, 0.3) is 0 Å². The molecular formula is C16H16N2O2. The molecule has 0 aliphatic carbocycles. The average Bonchev–Trinajstić information content (AvgIpc) is 2.47. The van der Waals surface area contributed by atoms with E-state index in [0.717, 1.165) is 5.56 Å². The van der Waals surface area contributed by atoms with Crippen molar-refractivity contribution in [1.82, 2.24) is 0 Å². The quantitative estimate of drug-likeness (QED) is 0.819. The number of nitrogens with one attached hydrogen (secondary N) is 1. The van der Waals surface area contributed by atoms with E-state index in [9.17, 15) is 4.79 Å². The summed E-state index contributed by atoms with van der Waals surface area (Å²) in [7, 11) is 0. The van der Waals surface area contributed by atoms with E-state index >= 15 is 0 Å². The largest absolute Gasteiger partial charge is 0.457 e. The second-order valence-electron chi connectivity index (χ2n) is 4.17. The number of hydrogen-bond acceptors (Lipinski definition) is 3. The van der Waals surface area contributed by atoms with E-state index in [2.05, 4.69) is 11.9 Å². The Morgan fingerprint density at radius 1 is 1.20 bits per heavy atom. The SMILES string of the molecule is C=CC(=O)Nc1cccc(Oc2cccc(CN)c2)c1. The monoisotopic (exact) mass is 268 g/mol. The summed E-state index contributed by atoms with van der Waals surface area (Å²) in [5, 5.41) is 2.68. The van der Waals surface area contributed by atoms with Crippen LogP contribution in [0.2, 0.25) is 0 Å². The summed E-state index contributed by atoms with van der Waals surface area (Å²) < 4.78 is 5.74. The molecule has 102 valence electrons. The first-order valence-corrected chi connectivity index (χ1v) is 6.21. The molecule has 0 fully saturated rings. The number of nitrogens with two attached hydrogens (primary N) is 1. The summed E-state index contributed by atoms with van der Waals surface area (Å²) in [5.41, 5.74) is 7.25. The van der Waals surface area contributed by atoms with Gasteiger partial charge in [0.15, 0.2) is 0 Å². The minimum Gasteiger partial charge on any atom is -0.457 e. The van der Waals surface area contributed by atoms with Gasteiger partial charge in [0.05, 0.1) is 0 Å². The van der Waals surface area contributed by atoms with Gasteiger partial charge < -0.3 is 15.8 Å². The predicted octanol–water partition coefficient (Wildman–Crippen LogP) is 3.06. The van der Waals surface area contributed by atoms with Gasteiger partial charge in [0, 0.05) is 18.3 Å². The van der Waals surface area contributed by atoms with E-state index < -0.39 is 0 Å². The van der Waals surface area contributed by atoms with Gasteiger partial charge in [-0.25, -0.2) is 0 Å². The number of benzene rings is 2. The van der Waals surface area contributed by atoms with Crippen LogP contribution in [0.15, 0.2) is 61.2 Å². The van der Waals surface area contributed by atoms with Crippen molar-refractivity contribution in [2.24, 2.45) is 5.73 Å². The third-order valence-electron chi connectivity index (χ3n) is 2.66. The van der Waals surface area contributed by atoms with Crippen LogP contribution in [0.3, 0.4) is 0 Å². The van der Waals surface area contributed by atoms with Gasteiger partial charge >= 0.3 is 0 Å². The Kier molecular flexibility index (Phi) is 4.52. The van der Waals surface area contributed by atoms with E-state index in [1.54, 1.807) is 18.2 Å². The lowest BCUT2D eigenvalue weighted by atomic mass is 10.2. The Hall–Kier alpha value is -2.59. The molecule has 0 atom stereocenters. The molecule has 2 rings (SSSR count). The van der Waals surface area contributed by atoms with Crippen molar-refractivity contribution in [2.45, 2.75) is 6.54 Å². The Balaban J connectivity index is 2.14. The summed E-state index contributed by atoms with van der Waals surface area (Å²) in [4.78, 5) is 11.3.